The van der Waals surface area contributed by atoms with E-state index in [1.165, 1.54) is 22.3 Å². The first-order valence-electron chi connectivity index (χ1n) is 7.10. The van der Waals surface area contributed by atoms with Gasteiger partial charge in [-0.05, 0) is 41.9 Å². The van der Waals surface area contributed by atoms with E-state index >= 15 is 0 Å². The molecule has 1 aliphatic heterocycles. The van der Waals surface area contributed by atoms with Gasteiger partial charge in [-0.25, -0.2) is 4.99 Å². The van der Waals surface area contributed by atoms with E-state index in [1.807, 2.05) is 6.92 Å². The summed E-state index contributed by atoms with van der Waals surface area (Å²) in [5, 5.41) is 0.655. The second-order valence-corrected chi connectivity index (χ2v) is 6.98. The lowest BCUT2D eigenvalue weighted by atomic mass is 9.71. The van der Waals surface area contributed by atoms with Gasteiger partial charge in [0.25, 0.3) is 0 Å². The SMILES string of the molecule is C=C1Cc2ccc(C3=C(Cl)N=C(C)C3)cc2CC1(C)C. The number of allylic oxidation sites excluding steroid dienone is 2. The minimum atomic E-state index is 0.186. The van der Waals surface area contributed by atoms with Crippen LogP contribution in [-0.4, -0.2) is 5.71 Å². The van der Waals surface area contributed by atoms with Crippen LogP contribution in [-0.2, 0) is 12.8 Å². The highest BCUT2D eigenvalue weighted by atomic mass is 35.5. The molecule has 0 saturated carbocycles. The van der Waals surface area contributed by atoms with E-state index in [-0.39, 0.29) is 5.41 Å². The van der Waals surface area contributed by atoms with Crippen molar-refractivity contribution in [2.45, 2.75) is 40.0 Å². The van der Waals surface area contributed by atoms with Crippen LogP contribution < -0.4 is 0 Å². The number of halogens is 1. The van der Waals surface area contributed by atoms with Crippen LogP contribution in [0.2, 0.25) is 0 Å². The normalized spacial score (nSPS) is 21.0. The van der Waals surface area contributed by atoms with Crippen LogP contribution in [0.15, 0.2) is 40.5 Å². The molecule has 1 nitrogen and oxygen atoms in total. The lowest BCUT2D eigenvalue weighted by Crippen LogP contribution is -2.24. The molecule has 0 unspecified atom stereocenters. The maximum absolute atomic E-state index is 6.25. The van der Waals surface area contributed by atoms with E-state index < -0.39 is 0 Å². The molecule has 1 aromatic rings. The van der Waals surface area contributed by atoms with Crippen LogP contribution in [0, 0.1) is 5.41 Å². The van der Waals surface area contributed by atoms with Crippen molar-refractivity contribution >= 4 is 22.9 Å². The summed E-state index contributed by atoms with van der Waals surface area (Å²) in [6, 6.07) is 6.71. The van der Waals surface area contributed by atoms with Crippen LogP contribution >= 0.6 is 11.6 Å². The maximum Gasteiger partial charge on any atom is 0.133 e. The summed E-state index contributed by atoms with van der Waals surface area (Å²) in [6.45, 7) is 10.8. The number of nitrogens with zero attached hydrogens (tertiary/aromatic N) is 1. The van der Waals surface area contributed by atoms with Crippen LogP contribution in [0.5, 0.6) is 0 Å². The van der Waals surface area contributed by atoms with Gasteiger partial charge in [-0.3, -0.25) is 0 Å². The van der Waals surface area contributed by atoms with Gasteiger partial charge >= 0.3 is 0 Å². The summed E-state index contributed by atoms with van der Waals surface area (Å²) in [4.78, 5) is 4.35. The van der Waals surface area contributed by atoms with Crippen LogP contribution in [0.4, 0.5) is 0 Å². The summed E-state index contributed by atoms with van der Waals surface area (Å²) >= 11 is 6.25. The first-order valence-corrected chi connectivity index (χ1v) is 7.48. The van der Waals surface area contributed by atoms with E-state index in [1.54, 1.807) is 0 Å². The molecule has 0 spiro atoms. The zero-order valence-corrected chi connectivity index (χ0v) is 13.1. The van der Waals surface area contributed by atoms with Crippen LogP contribution in [0.3, 0.4) is 0 Å². The van der Waals surface area contributed by atoms with Crippen molar-refractivity contribution in [1.82, 2.24) is 0 Å². The number of fused-ring (bicyclic) bond motifs is 1. The molecule has 0 atom stereocenters. The fraction of sp³-hybridized carbons (Fsp3) is 0.389. The molecule has 2 aliphatic rings. The Bertz CT molecular complexity index is 662. The first kappa shape index (κ1) is 13.6. The van der Waals surface area contributed by atoms with Crippen molar-refractivity contribution in [3.05, 3.63) is 52.2 Å². The van der Waals surface area contributed by atoms with Gasteiger partial charge < -0.3 is 0 Å². The molecule has 2 heteroatoms. The minimum Gasteiger partial charge on any atom is -0.245 e. The average Bonchev–Trinajstić information content (AvgIpc) is 2.69. The molecule has 104 valence electrons. The number of benzene rings is 1. The third-order valence-electron chi connectivity index (χ3n) is 4.52. The zero-order valence-electron chi connectivity index (χ0n) is 12.4. The van der Waals surface area contributed by atoms with E-state index in [9.17, 15) is 0 Å². The summed E-state index contributed by atoms with van der Waals surface area (Å²) < 4.78 is 0. The Hall–Kier alpha value is -1.34. The topological polar surface area (TPSA) is 12.4 Å². The average molecular weight is 286 g/mol. The van der Waals surface area contributed by atoms with Gasteiger partial charge in [0.05, 0.1) is 0 Å². The molecule has 20 heavy (non-hydrogen) atoms. The summed E-state index contributed by atoms with van der Waals surface area (Å²) in [5.74, 6) is 0. The molecule has 1 aromatic carbocycles. The fourth-order valence-electron chi connectivity index (χ4n) is 3.05. The Kier molecular flexibility index (Phi) is 3.13. The quantitative estimate of drug-likeness (QED) is 0.500. The maximum atomic E-state index is 6.25. The van der Waals surface area contributed by atoms with Gasteiger partial charge in [-0.15, -0.1) is 0 Å². The molecule has 0 N–H and O–H groups in total. The zero-order chi connectivity index (χ0) is 14.5. The molecular weight excluding hydrogens is 266 g/mol. The van der Waals surface area contributed by atoms with Gasteiger partial charge in [-0.1, -0.05) is 55.8 Å². The summed E-state index contributed by atoms with van der Waals surface area (Å²) in [7, 11) is 0. The van der Waals surface area contributed by atoms with Crippen LogP contribution in [0.25, 0.3) is 5.57 Å². The van der Waals surface area contributed by atoms with Gasteiger partial charge in [0, 0.05) is 17.7 Å². The predicted molar refractivity (Wildman–Crippen MR) is 87.3 cm³/mol. The summed E-state index contributed by atoms with van der Waals surface area (Å²) in [5.41, 5.74) is 7.83. The van der Waals surface area contributed by atoms with Crippen molar-refractivity contribution in [1.29, 1.82) is 0 Å². The number of aliphatic imine (C=N–C) groups is 1. The molecule has 0 aromatic heterocycles. The van der Waals surface area contributed by atoms with E-state index in [0.717, 1.165) is 30.5 Å². The molecular formula is C18H20ClN. The van der Waals surface area contributed by atoms with Crippen molar-refractivity contribution in [3.8, 4) is 0 Å². The van der Waals surface area contributed by atoms with Crippen LogP contribution in [0.1, 0.15) is 43.9 Å². The predicted octanol–water partition coefficient (Wildman–Crippen LogP) is 5.14. The second kappa shape index (κ2) is 4.60. The monoisotopic (exact) mass is 285 g/mol. The van der Waals surface area contributed by atoms with Crippen molar-refractivity contribution < 1.29 is 0 Å². The molecule has 0 saturated heterocycles. The Morgan fingerprint density at radius 1 is 1.20 bits per heavy atom. The van der Waals surface area contributed by atoms with Gasteiger partial charge in [0.2, 0.25) is 0 Å². The van der Waals surface area contributed by atoms with Gasteiger partial charge in [0.15, 0.2) is 0 Å². The first-order chi connectivity index (χ1) is 9.37. The van der Waals surface area contributed by atoms with E-state index in [2.05, 4.69) is 43.6 Å². The smallest absolute Gasteiger partial charge is 0.133 e. The number of hydrogen-bond acceptors (Lipinski definition) is 1. The molecule has 0 bridgehead atoms. The van der Waals surface area contributed by atoms with E-state index in [0.29, 0.717) is 5.16 Å². The largest absolute Gasteiger partial charge is 0.245 e. The standard InChI is InChI=1S/C18H20ClN/c1-11-7-13-5-6-14(9-15(13)10-18(11,3)4)16-8-12(2)20-17(16)19/h5-6,9H,1,7-8,10H2,2-4H3. The van der Waals surface area contributed by atoms with Crippen molar-refractivity contribution in [2.75, 3.05) is 0 Å². The van der Waals surface area contributed by atoms with Crippen molar-refractivity contribution in [2.24, 2.45) is 10.4 Å². The molecule has 0 fully saturated rings. The third kappa shape index (κ3) is 2.25. The molecule has 1 aliphatic carbocycles. The van der Waals surface area contributed by atoms with Crippen molar-refractivity contribution in [3.63, 3.8) is 0 Å². The van der Waals surface area contributed by atoms with E-state index in [4.69, 9.17) is 11.6 Å². The third-order valence-corrected chi connectivity index (χ3v) is 4.83. The molecule has 0 amide bonds. The highest BCUT2D eigenvalue weighted by molar-refractivity contribution is 6.34. The lowest BCUT2D eigenvalue weighted by molar-refractivity contribution is 0.418. The Morgan fingerprint density at radius 2 is 1.95 bits per heavy atom. The Labute approximate surface area is 126 Å². The van der Waals surface area contributed by atoms with Gasteiger partial charge in [-0.2, -0.15) is 0 Å². The fourth-order valence-corrected chi connectivity index (χ4v) is 3.37. The second-order valence-electron chi connectivity index (χ2n) is 6.62. The molecule has 1 heterocycles. The van der Waals surface area contributed by atoms with Gasteiger partial charge in [0.1, 0.15) is 5.16 Å². The summed E-state index contributed by atoms with van der Waals surface area (Å²) in [6.07, 6.45) is 2.92. The molecule has 3 rings (SSSR count). The highest BCUT2D eigenvalue weighted by Gasteiger charge is 2.29. The highest BCUT2D eigenvalue weighted by Crippen LogP contribution is 2.40. The number of rotatable bonds is 1. The number of hydrogen-bond donors (Lipinski definition) is 0. The Balaban J connectivity index is 1.99. The Morgan fingerprint density at radius 3 is 2.60 bits per heavy atom. The minimum absolute atomic E-state index is 0.186. The molecule has 0 radical (unpaired) electrons. The lowest BCUT2D eigenvalue weighted by Gasteiger charge is -2.34.